The SMILES string of the molecule is CC(C)(C)[C@@H]1Cc2c(oc3cc(-c4cccs4)ccc23)-c2cc(=O)c(C(=O)O)cn21. The molecule has 3 aromatic heterocycles. The molecule has 0 bridgehead atoms. The van der Waals surface area contributed by atoms with E-state index >= 15 is 0 Å². The van der Waals surface area contributed by atoms with Crippen LogP contribution in [0.25, 0.3) is 32.9 Å². The summed E-state index contributed by atoms with van der Waals surface area (Å²) in [6.07, 6.45) is 2.18. The van der Waals surface area contributed by atoms with E-state index in [9.17, 15) is 14.7 Å². The van der Waals surface area contributed by atoms with Crippen LogP contribution in [0.3, 0.4) is 0 Å². The summed E-state index contributed by atoms with van der Waals surface area (Å²) in [6.45, 7) is 6.38. The van der Waals surface area contributed by atoms with Gasteiger partial charge in [0, 0.05) is 34.1 Å². The molecule has 0 unspecified atom stereocenters. The molecule has 1 N–H and O–H groups in total. The Bertz CT molecular complexity index is 1350. The minimum Gasteiger partial charge on any atom is -0.477 e. The lowest BCUT2D eigenvalue weighted by atomic mass is 9.80. The predicted octanol–water partition coefficient (Wildman–Crippen LogP) is 5.83. The summed E-state index contributed by atoms with van der Waals surface area (Å²) in [4.78, 5) is 25.2. The van der Waals surface area contributed by atoms with E-state index in [1.54, 1.807) is 11.3 Å². The Morgan fingerprint density at radius 3 is 2.70 bits per heavy atom. The van der Waals surface area contributed by atoms with E-state index in [0.29, 0.717) is 17.9 Å². The summed E-state index contributed by atoms with van der Waals surface area (Å²) >= 11 is 1.68. The number of hydrogen-bond donors (Lipinski definition) is 1. The highest BCUT2D eigenvalue weighted by Crippen LogP contribution is 2.46. The van der Waals surface area contributed by atoms with Gasteiger partial charge in [-0.1, -0.05) is 39.0 Å². The number of benzene rings is 1. The summed E-state index contributed by atoms with van der Waals surface area (Å²) in [5.74, 6) is -0.554. The van der Waals surface area contributed by atoms with Crippen LogP contribution in [0.4, 0.5) is 0 Å². The second kappa shape index (κ2) is 6.44. The summed E-state index contributed by atoms with van der Waals surface area (Å²) in [7, 11) is 0. The Labute approximate surface area is 177 Å². The third kappa shape index (κ3) is 2.82. The minimum absolute atomic E-state index is 0.00327. The van der Waals surface area contributed by atoms with Gasteiger partial charge in [0.05, 0.1) is 5.69 Å². The molecule has 152 valence electrons. The van der Waals surface area contributed by atoms with E-state index in [0.717, 1.165) is 22.1 Å². The van der Waals surface area contributed by atoms with Crippen molar-refractivity contribution in [2.45, 2.75) is 33.2 Å². The largest absolute Gasteiger partial charge is 0.477 e. The van der Waals surface area contributed by atoms with Crippen molar-refractivity contribution in [3.8, 4) is 21.9 Å². The van der Waals surface area contributed by atoms with Crippen LogP contribution in [0.15, 0.2) is 57.2 Å². The summed E-state index contributed by atoms with van der Waals surface area (Å²) in [5, 5.41) is 12.5. The maximum Gasteiger partial charge on any atom is 0.341 e. The van der Waals surface area contributed by atoms with Crippen LogP contribution in [0.1, 0.15) is 42.7 Å². The molecule has 6 heteroatoms. The van der Waals surface area contributed by atoms with Crippen molar-refractivity contribution in [1.82, 2.24) is 4.57 Å². The lowest BCUT2D eigenvalue weighted by Crippen LogP contribution is -2.32. The number of nitrogens with zero attached hydrogens (tertiary/aromatic N) is 1. The molecule has 5 nitrogen and oxygen atoms in total. The number of pyridine rings is 1. The molecule has 0 radical (unpaired) electrons. The Morgan fingerprint density at radius 1 is 1.23 bits per heavy atom. The van der Waals surface area contributed by atoms with Crippen molar-refractivity contribution in [3.05, 3.63) is 69.3 Å². The molecule has 0 spiro atoms. The lowest BCUT2D eigenvalue weighted by Gasteiger charge is -2.37. The van der Waals surface area contributed by atoms with Crippen LogP contribution >= 0.6 is 11.3 Å². The van der Waals surface area contributed by atoms with Gasteiger partial charge in [0.1, 0.15) is 11.1 Å². The number of rotatable bonds is 2. The number of thiophene rings is 1. The fraction of sp³-hybridized carbons (Fsp3) is 0.250. The van der Waals surface area contributed by atoms with E-state index in [2.05, 4.69) is 39.0 Å². The van der Waals surface area contributed by atoms with Crippen molar-refractivity contribution in [2.75, 3.05) is 0 Å². The van der Waals surface area contributed by atoms with Crippen LogP contribution in [0.5, 0.6) is 0 Å². The number of hydrogen-bond acceptors (Lipinski definition) is 4. The molecular formula is C24H21NO4S. The van der Waals surface area contributed by atoms with Crippen LogP contribution in [-0.2, 0) is 6.42 Å². The van der Waals surface area contributed by atoms with E-state index in [4.69, 9.17) is 4.42 Å². The van der Waals surface area contributed by atoms with Crippen LogP contribution in [0, 0.1) is 5.41 Å². The molecule has 0 amide bonds. The van der Waals surface area contributed by atoms with Gasteiger partial charge < -0.3 is 14.1 Å². The Kier molecular flexibility index (Phi) is 4.05. The van der Waals surface area contributed by atoms with Crippen molar-refractivity contribution < 1.29 is 14.3 Å². The van der Waals surface area contributed by atoms with Crippen LogP contribution in [-0.4, -0.2) is 15.6 Å². The Hall–Kier alpha value is -3.12. The topological polar surface area (TPSA) is 72.4 Å². The third-order valence-electron chi connectivity index (χ3n) is 5.87. The molecule has 5 rings (SSSR count). The van der Waals surface area contributed by atoms with Gasteiger partial charge in [0.2, 0.25) is 0 Å². The van der Waals surface area contributed by atoms with Gasteiger partial charge in [-0.3, -0.25) is 4.79 Å². The molecule has 0 saturated heterocycles. The fourth-order valence-corrected chi connectivity index (χ4v) is 5.04. The number of carbonyl (C=O) groups is 1. The number of aromatic nitrogens is 1. The van der Waals surface area contributed by atoms with Gasteiger partial charge in [-0.05, 0) is 34.9 Å². The Morgan fingerprint density at radius 2 is 2.03 bits per heavy atom. The highest BCUT2D eigenvalue weighted by atomic mass is 32.1. The first-order valence-corrected chi connectivity index (χ1v) is 10.7. The van der Waals surface area contributed by atoms with Gasteiger partial charge in [-0.25, -0.2) is 4.79 Å². The highest BCUT2D eigenvalue weighted by molar-refractivity contribution is 7.13. The first kappa shape index (κ1) is 18.9. The molecule has 0 saturated carbocycles. The molecule has 0 aliphatic carbocycles. The molecule has 1 atom stereocenters. The summed E-state index contributed by atoms with van der Waals surface area (Å²) in [6, 6.07) is 11.7. The molecule has 4 heterocycles. The maximum atomic E-state index is 12.5. The first-order valence-electron chi connectivity index (χ1n) is 9.83. The average Bonchev–Trinajstić information content (AvgIpc) is 3.33. The normalized spacial score (nSPS) is 15.8. The third-order valence-corrected chi connectivity index (χ3v) is 6.79. The zero-order chi connectivity index (χ0) is 21.2. The van der Waals surface area contributed by atoms with Gasteiger partial charge in [0.25, 0.3) is 0 Å². The molecule has 0 fully saturated rings. The van der Waals surface area contributed by atoms with Crippen molar-refractivity contribution >= 4 is 28.3 Å². The lowest BCUT2D eigenvalue weighted by molar-refractivity contribution is 0.0693. The maximum absolute atomic E-state index is 12.5. The van der Waals surface area contributed by atoms with E-state index < -0.39 is 11.4 Å². The van der Waals surface area contributed by atoms with Gasteiger partial charge in [-0.15, -0.1) is 11.3 Å². The quantitative estimate of drug-likeness (QED) is 0.444. The zero-order valence-electron chi connectivity index (χ0n) is 16.9. The van der Waals surface area contributed by atoms with Crippen LogP contribution in [0.2, 0.25) is 0 Å². The minimum atomic E-state index is -1.21. The predicted molar refractivity (Wildman–Crippen MR) is 118 cm³/mol. The van der Waals surface area contributed by atoms with Crippen molar-refractivity contribution in [2.24, 2.45) is 5.41 Å². The highest BCUT2D eigenvalue weighted by Gasteiger charge is 2.36. The standard InChI is InChI=1S/C24H21NO4S/c1-24(2,3)21-10-15-14-7-6-13(20-5-4-8-30-20)9-19(14)29-22(15)17-11-18(26)16(23(27)28)12-25(17)21/h4-9,11-12,21H,10H2,1-3H3,(H,27,28)/t21-/m0/s1. The first-order chi connectivity index (χ1) is 14.2. The van der Waals surface area contributed by atoms with Crippen LogP contribution < -0.4 is 5.43 Å². The molecule has 1 aliphatic heterocycles. The molecule has 1 aliphatic rings. The van der Waals surface area contributed by atoms with E-state index in [1.165, 1.54) is 17.1 Å². The van der Waals surface area contributed by atoms with E-state index in [-0.39, 0.29) is 17.0 Å². The number of carboxylic acids is 1. The second-order valence-corrected chi connectivity index (χ2v) is 9.78. The number of furan rings is 1. The van der Waals surface area contributed by atoms with Gasteiger partial charge >= 0.3 is 5.97 Å². The zero-order valence-corrected chi connectivity index (χ0v) is 17.7. The van der Waals surface area contributed by atoms with E-state index in [1.807, 2.05) is 22.1 Å². The average molecular weight is 420 g/mol. The number of carboxylic acid groups (broad SMARTS) is 1. The number of fused-ring (bicyclic) bond motifs is 5. The van der Waals surface area contributed by atoms with Crippen molar-refractivity contribution in [3.63, 3.8) is 0 Å². The monoisotopic (exact) mass is 419 g/mol. The molecular weight excluding hydrogens is 398 g/mol. The fourth-order valence-electron chi connectivity index (χ4n) is 4.32. The summed E-state index contributed by atoms with van der Waals surface area (Å²) in [5.41, 5.74) is 2.72. The summed E-state index contributed by atoms with van der Waals surface area (Å²) < 4.78 is 8.18. The Balaban J connectivity index is 1.77. The molecule has 1 aromatic carbocycles. The smallest absolute Gasteiger partial charge is 0.341 e. The second-order valence-electron chi connectivity index (χ2n) is 8.83. The van der Waals surface area contributed by atoms with Gasteiger partial charge in [-0.2, -0.15) is 0 Å². The molecule has 4 aromatic rings. The van der Waals surface area contributed by atoms with Crippen molar-refractivity contribution in [1.29, 1.82) is 0 Å². The number of aromatic carboxylic acids is 1. The van der Waals surface area contributed by atoms with Gasteiger partial charge in [0.15, 0.2) is 11.2 Å². The molecule has 30 heavy (non-hydrogen) atoms.